The Bertz CT molecular complexity index is 612. The molecule has 0 aromatic heterocycles. The number of nitrogens with one attached hydrogen (secondary N) is 1. The van der Waals surface area contributed by atoms with Gasteiger partial charge in [-0.05, 0) is 36.6 Å². The summed E-state index contributed by atoms with van der Waals surface area (Å²) in [5.41, 5.74) is 5.05. The molecule has 0 heterocycles. The van der Waals surface area contributed by atoms with Gasteiger partial charge in [0.1, 0.15) is 6.04 Å². The maximum atomic E-state index is 13.6. The van der Waals surface area contributed by atoms with Gasteiger partial charge in [-0.2, -0.15) is 11.8 Å². The summed E-state index contributed by atoms with van der Waals surface area (Å²) in [6.07, 6.45) is 2.16. The topological polar surface area (TPSA) is 108 Å². The molecule has 0 saturated carbocycles. The predicted octanol–water partition coefficient (Wildman–Crippen LogP) is 1.35. The second kappa shape index (κ2) is 9.76. The zero-order valence-corrected chi connectivity index (χ0v) is 14.2. The molecule has 7 nitrogen and oxygen atoms in total. The SMILES string of the molecule is COc1ccc(C(=O)COC(=O)[C@H](CCSC)NC(N)=O)cc1F. The highest BCUT2D eigenvalue weighted by molar-refractivity contribution is 7.98. The fraction of sp³-hybridized carbons (Fsp3) is 0.400. The van der Waals surface area contributed by atoms with Crippen molar-refractivity contribution in [1.82, 2.24) is 5.32 Å². The predicted molar refractivity (Wildman–Crippen MR) is 87.7 cm³/mol. The van der Waals surface area contributed by atoms with Crippen LogP contribution in [0.5, 0.6) is 5.75 Å². The lowest BCUT2D eigenvalue weighted by molar-refractivity contribution is -0.144. The van der Waals surface area contributed by atoms with Crippen molar-refractivity contribution in [3.63, 3.8) is 0 Å². The van der Waals surface area contributed by atoms with Crippen molar-refractivity contribution in [2.45, 2.75) is 12.5 Å². The molecule has 0 bridgehead atoms. The summed E-state index contributed by atoms with van der Waals surface area (Å²) in [5, 5.41) is 2.27. The van der Waals surface area contributed by atoms with Gasteiger partial charge in [-0.15, -0.1) is 0 Å². The summed E-state index contributed by atoms with van der Waals surface area (Å²) in [7, 11) is 1.31. The molecule has 0 aliphatic heterocycles. The highest BCUT2D eigenvalue weighted by Crippen LogP contribution is 2.18. The van der Waals surface area contributed by atoms with Gasteiger partial charge in [0.25, 0.3) is 0 Å². The number of hydrogen-bond donors (Lipinski definition) is 2. The molecule has 0 aliphatic rings. The number of Topliss-reactive ketones (excluding diaryl/α,β-unsaturated/α-hetero) is 1. The number of carbonyl (C=O) groups excluding carboxylic acids is 3. The zero-order valence-electron chi connectivity index (χ0n) is 13.3. The molecule has 0 radical (unpaired) electrons. The molecule has 0 unspecified atom stereocenters. The van der Waals surface area contributed by atoms with Crippen molar-refractivity contribution in [3.05, 3.63) is 29.6 Å². The molecule has 1 rings (SSSR count). The third-order valence-corrected chi connectivity index (χ3v) is 3.67. The van der Waals surface area contributed by atoms with Crippen LogP contribution in [0.1, 0.15) is 16.8 Å². The number of thioether (sulfide) groups is 1. The first-order valence-corrected chi connectivity index (χ1v) is 8.36. The maximum absolute atomic E-state index is 13.6. The fourth-order valence-corrected chi connectivity index (χ4v) is 2.29. The lowest BCUT2D eigenvalue weighted by Gasteiger charge is -2.15. The maximum Gasteiger partial charge on any atom is 0.329 e. The van der Waals surface area contributed by atoms with Crippen LogP contribution >= 0.6 is 11.8 Å². The van der Waals surface area contributed by atoms with Crippen molar-refractivity contribution in [1.29, 1.82) is 0 Å². The molecule has 132 valence electrons. The van der Waals surface area contributed by atoms with Gasteiger partial charge in [0.15, 0.2) is 24.0 Å². The van der Waals surface area contributed by atoms with Crippen LogP contribution in [0.2, 0.25) is 0 Å². The number of primary amides is 1. The Morgan fingerprint density at radius 2 is 2.08 bits per heavy atom. The van der Waals surface area contributed by atoms with E-state index < -0.39 is 36.2 Å². The number of nitrogens with two attached hydrogens (primary N) is 1. The minimum Gasteiger partial charge on any atom is -0.494 e. The number of halogens is 1. The molecule has 1 aromatic carbocycles. The second-order valence-electron chi connectivity index (χ2n) is 4.72. The number of esters is 1. The van der Waals surface area contributed by atoms with E-state index >= 15 is 0 Å². The number of hydrogen-bond acceptors (Lipinski definition) is 6. The van der Waals surface area contributed by atoms with Crippen molar-refractivity contribution >= 4 is 29.5 Å². The van der Waals surface area contributed by atoms with Crippen molar-refractivity contribution in [2.24, 2.45) is 5.73 Å². The van der Waals surface area contributed by atoms with Crippen LogP contribution in [0.4, 0.5) is 9.18 Å². The Kier molecular flexibility index (Phi) is 8.03. The van der Waals surface area contributed by atoms with Crippen molar-refractivity contribution in [2.75, 3.05) is 25.7 Å². The quantitative estimate of drug-likeness (QED) is 0.510. The largest absolute Gasteiger partial charge is 0.494 e. The van der Waals surface area contributed by atoms with Crippen LogP contribution in [0.3, 0.4) is 0 Å². The van der Waals surface area contributed by atoms with Crippen molar-refractivity contribution < 1.29 is 28.2 Å². The number of carbonyl (C=O) groups is 3. The molecule has 0 fully saturated rings. The number of benzene rings is 1. The number of urea groups is 1. The van der Waals surface area contributed by atoms with Crippen molar-refractivity contribution in [3.8, 4) is 5.75 Å². The second-order valence-corrected chi connectivity index (χ2v) is 5.71. The molecule has 0 aliphatic carbocycles. The van der Waals surface area contributed by atoms with E-state index in [0.717, 1.165) is 6.07 Å². The van der Waals surface area contributed by atoms with Gasteiger partial charge in [0, 0.05) is 5.56 Å². The lowest BCUT2D eigenvalue weighted by atomic mass is 10.1. The standard InChI is InChI=1S/C15H19FN2O5S/c1-22-13-4-3-9(7-10(13)16)12(19)8-23-14(20)11(5-6-24-2)18-15(17)21/h3-4,7,11H,5-6,8H2,1-2H3,(H3,17,18,21)/t11-/m0/s1. The molecule has 1 aromatic rings. The first-order chi connectivity index (χ1) is 11.4. The third-order valence-electron chi connectivity index (χ3n) is 3.03. The van der Waals surface area contributed by atoms with Crippen LogP contribution in [0.15, 0.2) is 18.2 Å². The lowest BCUT2D eigenvalue weighted by Crippen LogP contribution is -2.45. The van der Waals surface area contributed by atoms with Crippen LogP contribution in [0, 0.1) is 5.82 Å². The number of rotatable bonds is 9. The summed E-state index contributed by atoms with van der Waals surface area (Å²) < 4.78 is 23.2. The summed E-state index contributed by atoms with van der Waals surface area (Å²) in [4.78, 5) is 34.8. The minimum atomic E-state index is -0.935. The first-order valence-electron chi connectivity index (χ1n) is 6.97. The van der Waals surface area contributed by atoms with E-state index in [4.69, 9.17) is 15.2 Å². The number of ketones is 1. The molecule has 1 atom stereocenters. The van der Waals surface area contributed by atoms with Crippen LogP contribution < -0.4 is 15.8 Å². The van der Waals surface area contributed by atoms with E-state index in [-0.39, 0.29) is 11.3 Å². The van der Waals surface area contributed by atoms with Gasteiger partial charge in [-0.25, -0.2) is 14.0 Å². The molecule has 0 spiro atoms. The van der Waals surface area contributed by atoms with Crippen LogP contribution in [-0.4, -0.2) is 49.6 Å². The van der Waals surface area contributed by atoms with E-state index in [1.165, 1.54) is 31.0 Å². The molecule has 24 heavy (non-hydrogen) atoms. The Hall–Kier alpha value is -2.29. The minimum absolute atomic E-state index is 0.00586. The first kappa shape index (κ1) is 19.8. The van der Waals surface area contributed by atoms with Gasteiger partial charge in [0.05, 0.1) is 7.11 Å². The fourth-order valence-electron chi connectivity index (χ4n) is 1.82. The highest BCUT2D eigenvalue weighted by atomic mass is 32.2. The average Bonchev–Trinajstić information content (AvgIpc) is 2.55. The van der Waals surface area contributed by atoms with Crippen LogP contribution in [-0.2, 0) is 9.53 Å². The summed E-state index contributed by atoms with van der Waals surface area (Å²) in [6.45, 7) is -0.569. The van der Waals surface area contributed by atoms with Gasteiger partial charge in [0.2, 0.25) is 0 Å². The number of methoxy groups -OCH3 is 1. The molecular formula is C15H19FN2O5S. The number of amides is 2. The average molecular weight is 358 g/mol. The molecule has 2 amide bonds. The smallest absolute Gasteiger partial charge is 0.329 e. The Labute approximate surface area is 143 Å². The summed E-state index contributed by atoms with van der Waals surface area (Å²) in [5.74, 6) is -1.44. The monoisotopic (exact) mass is 358 g/mol. The molecule has 0 saturated heterocycles. The third kappa shape index (κ3) is 6.07. The van der Waals surface area contributed by atoms with Gasteiger partial charge in [-0.3, -0.25) is 4.79 Å². The summed E-state index contributed by atoms with van der Waals surface area (Å²) >= 11 is 1.48. The Balaban J connectivity index is 2.64. The molecule has 9 heteroatoms. The van der Waals surface area contributed by atoms with Gasteiger partial charge in [-0.1, -0.05) is 0 Å². The van der Waals surface area contributed by atoms with E-state index in [1.807, 2.05) is 6.26 Å². The van der Waals surface area contributed by atoms with E-state index in [1.54, 1.807) is 0 Å². The Morgan fingerprint density at radius 1 is 1.38 bits per heavy atom. The Morgan fingerprint density at radius 3 is 2.62 bits per heavy atom. The van der Waals surface area contributed by atoms with Gasteiger partial charge < -0.3 is 20.5 Å². The number of ether oxygens (including phenoxy) is 2. The van der Waals surface area contributed by atoms with E-state index in [0.29, 0.717) is 12.2 Å². The van der Waals surface area contributed by atoms with Gasteiger partial charge >= 0.3 is 12.0 Å². The molecular weight excluding hydrogens is 339 g/mol. The molecule has 3 N–H and O–H groups in total. The highest BCUT2D eigenvalue weighted by Gasteiger charge is 2.22. The normalized spacial score (nSPS) is 11.5. The van der Waals surface area contributed by atoms with Crippen LogP contribution in [0.25, 0.3) is 0 Å². The van der Waals surface area contributed by atoms with E-state index in [2.05, 4.69) is 5.32 Å². The summed E-state index contributed by atoms with van der Waals surface area (Å²) in [6, 6.07) is 1.88. The van der Waals surface area contributed by atoms with E-state index in [9.17, 15) is 18.8 Å². The zero-order chi connectivity index (χ0) is 18.1.